The van der Waals surface area contributed by atoms with Crippen LogP contribution in [0.15, 0.2) is 18.2 Å². The third kappa shape index (κ3) is 1.92. The average molecular weight is 249 g/mol. The van der Waals surface area contributed by atoms with Crippen LogP contribution in [0.2, 0.25) is 0 Å². The van der Waals surface area contributed by atoms with Gasteiger partial charge >= 0.3 is 0 Å². The molecule has 5 nitrogen and oxygen atoms in total. The molecule has 1 aliphatic heterocycles. The zero-order valence-electron chi connectivity index (χ0n) is 10.5. The lowest BCUT2D eigenvalue weighted by molar-refractivity contribution is -0.125. The van der Waals surface area contributed by atoms with Gasteiger partial charge in [0.15, 0.2) is 11.5 Å². The molecular formula is C13H15NO4. The summed E-state index contributed by atoms with van der Waals surface area (Å²) < 4.78 is 10.3. The highest BCUT2D eigenvalue weighted by Gasteiger charge is 2.39. The molecule has 18 heavy (non-hydrogen) atoms. The summed E-state index contributed by atoms with van der Waals surface area (Å²) in [4.78, 5) is 23.2. The van der Waals surface area contributed by atoms with Crippen LogP contribution in [0.5, 0.6) is 11.5 Å². The van der Waals surface area contributed by atoms with Crippen LogP contribution < -0.4 is 14.8 Å². The Morgan fingerprint density at radius 2 is 1.72 bits per heavy atom. The maximum Gasteiger partial charge on any atom is 0.234 e. The summed E-state index contributed by atoms with van der Waals surface area (Å²) in [6, 6.07) is 5.25. The fraction of sp³-hybridized carbons (Fsp3) is 0.385. The lowest BCUT2D eigenvalue weighted by Gasteiger charge is -2.14. The van der Waals surface area contributed by atoms with Crippen molar-refractivity contribution in [3.63, 3.8) is 0 Å². The Bertz CT molecular complexity index is 498. The first-order valence-electron chi connectivity index (χ1n) is 5.65. The number of carbonyl (C=O) groups is 2. The van der Waals surface area contributed by atoms with Gasteiger partial charge in [0.1, 0.15) is 0 Å². The van der Waals surface area contributed by atoms with Gasteiger partial charge in [0.2, 0.25) is 11.8 Å². The lowest BCUT2D eigenvalue weighted by Crippen LogP contribution is -2.21. The number of ether oxygens (including phenoxy) is 2. The minimum absolute atomic E-state index is 0.236. The van der Waals surface area contributed by atoms with Crippen molar-refractivity contribution in [1.82, 2.24) is 5.32 Å². The summed E-state index contributed by atoms with van der Waals surface area (Å²) in [5, 5.41) is 2.33. The number of methoxy groups -OCH3 is 2. The minimum atomic E-state index is -0.461. The number of amides is 2. The number of hydrogen-bond donors (Lipinski definition) is 1. The van der Waals surface area contributed by atoms with Crippen LogP contribution in [0.25, 0.3) is 0 Å². The van der Waals surface area contributed by atoms with Crippen LogP contribution in [-0.2, 0) is 9.59 Å². The molecule has 2 amide bonds. The Labute approximate surface area is 105 Å². The van der Waals surface area contributed by atoms with E-state index >= 15 is 0 Å². The predicted molar refractivity (Wildman–Crippen MR) is 64.6 cm³/mol. The Morgan fingerprint density at radius 1 is 1.06 bits per heavy atom. The first-order chi connectivity index (χ1) is 8.58. The van der Waals surface area contributed by atoms with E-state index < -0.39 is 5.92 Å². The van der Waals surface area contributed by atoms with Gasteiger partial charge in [0.05, 0.1) is 26.1 Å². The first kappa shape index (κ1) is 12.4. The Morgan fingerprint density at radius 3 is 2.22 bits per heavy atom. The lowest BCUT2D eigenvalue weighted by atomic mass is 9.89. The van der Waals surface area contributed by atoms with Crippen molar-refractivity contribution in [3.05, 3.63) is 23.8 Å². The van der Waals surface area contributed by atoms with Crippen LogP contribution in [0.1, 0.15) is 18.4 Å². The van der Waals surface area contributed by atoms with E-state index in [0.717, 1.165) is 5.56 Å². The van der Waals surface area contributed by atoms with Gasteiger partial charge in [-0.15, -0.1) is 0 Å². The normalized spacial score (nSPS) is 22.8. The second kappa shape index (κ2) is 4.68. The SMILES string of the molecule is COc1ccc(C2C(=O)NC(=O)C2C)cc1OC. The van der Waals surface area contributed by atoms with E-state index in [2.05, 4.69) is 5.32 Å². The first-order valence-corrected chi connectivity index (χ1v) is 5.65. The molecule has 0 saturated carbocycles. The molecule has 2 unspecified atom stereocenters. The zero-order valence-corrected chi connectivity index (χ0v) is 10.5. The van der Waals surface area contributed by atoms with Gasteiger partial charge < -0.3 is 9.47 Å². The maximum atomic E-state index is 11.7. The average Bonchev–Trinajstić information content (AvgIpc) is 2.62. The van der Waals surface area contributed by atoms with Crippen molar-refractivity contribution in [2.75, 3.05) is 14.2 Å². The number of rotatable bonds is 3. The third-order valence-electron chi connectivity index (χ3n) is 3.21. The second-order valence-electron chi connectivity index (χ2n) is 4.23. The van der Waals surface area contributed by atoms with Crippen LogP contribution in [0, 0.1) is 5.92 Å². The molecule has 1 fully saturated rings. The molecule has 0 aromatic heterocycles. The number of nitrogens with one attached hydrogen (secondary N) is 1. The molecule has 1 aliphatic rings. The van der Waals surface area contributed by atoms with Crippen molar-refractivity contribution in [3.8, 4) is 11.5 Å². The molecule has 0 spiro atoms. The summed E-state index contributed by atoms with van der Waals surface area (Å²) in [7, 11) is 3.08. The summed E-state index contributed by atoms with van der Waals surface area (Å²) in [6.45, 7) is 1.74. The molecule has 1 N–H and O–H groups in total. The third-order valence-corrected chi connectivity index (χ3v) is 3.21. The molecule has 0 bridgehead atoms. The van der Waals surface area contributed by atoms with Crippen molar-refractivity contribution in [1.29, 1.82) is 0 Å². The molecule has 1 heterocycles. The van der Waals surface area contributed by atoms with Gasteiger partial charge in [-0.25, -0.2) is 0 Å². The van der Waals surface area contributed by atoms with Crippen molar-refractivity contribution < 1.29 is 19.1 Å². The van der Waals surface area contributed by atoms with Crippen molar-refractivity contribution in [2.45, 2.75) is 12.8 Å². The van der Waals surface area contributed by atoms with Gasteiger partial charge in [-0.3, -0.25) is 14.9 Å². The van der Waals surface area contributed by atoms with Gasteiger partial charge in [0, 0.05) is 0 Å². The van der Waals surface area contributed by atoms with E-state index in [1.807, 2.05) is 0 Å². The van der Waals surface area contributed by atoms with E-state index in [9.17, 15) is 9.59 Å². The smallest absolute Gasteiger partial charge is 0.234 e. The minimum Gasteiger partial charge on any atom is -0.493 e. The summed E-state index contributed by atoms with van der Waals surface area (Å²) >= 11 is 0. The van der Waals surface area contributed by atoms with Gasteiger partial charge in [0.25, 0.3) is 0 Å². The van der Waals surface area contributed by atoms with Gasteiger partial charge in [-0.1, -0.05) is 13.0 Å². The second-order valence-corrected chi connectivity index (χ2v) is 4.23. The quantitative estimate of drug-likeness (QED) is 0.814. The van der Waals surface area contributed by atoms with Crippen LogP contribution in [0.3, 0.4) is 0 Å². The molecule has 2 atom stereocenters. The Balaban J connectivity index is 2.40. The van der Waals surface area contributed by atoms with Crippen molar-refractivity contribution in [2.24, 2.45) is 5.92 Å². The molecule has 1 saturated heterocycles. The Hall–Kier alpha value is -2.04. The molecule has 2 rings (SSSR count). The monoisotopic (exact) mass is 249 g/mol. The zero-order chi connectivity index (χ0) is 13.3. The van der Waals surface area contributed by atoms with E-state index in [-0.39, 0.29) is 17.7 Å². The number of imide groups is 1. The molecule has 0 radical (unpaired) electrons. The van der Waals surface area contributed by atoms with Gasteiger partial charge in [-0.05, 0) is 17.7 Å². The molecule has 5 heteroatoms. The van der Waals surface area contributed by atoms with E-state index in [1.54, 1.807) is 32.2 Å². The maximum absolute atomic E-state index is 11.7. The molecule has 0 aliphatic carbocycles. The number of carbonyl (C=O) groups excluding carboxylic acids is 2. The molecule has 1 aromatic carbocycles. The van der Waals surface area contributed by atoms with Crippen LogP contribution in [-0.4, -0.2) is 26.0 Å². The predicted octanol–water partition coefficient (Wildman–Crippen LogP) is 1.08. The number of hydrogen-bond acceptors (Lipinski definition) is 4. The standard InChI is InChI=1S/C13H15NO4/c1-7-11(13(16)14-12(7)15)8-4-5-9(17-2)10(6-8)18-3/h4-7,11H,1-3H3,(H,14,15,16). The number of benzene rings is 1. The summed E-state index contributed by atoms with van der Waals surface area (Å²) in [6.07, 6.45) is 0. The van der Waals surface area contributed by atoms with Crippen molar-refractivity contribution >= 4 is 11.8 Å². The summed E-state index contributed by atoms with van der Waals surface area (Å²) in [5.74, 6) is -0.180. The summed E-state index contributed by atoms with van der Waals surface area (Å²) in [5.41, 5.74) is 0.753. The highest BCUT2D eigenvalue weighted by atomic mass is 16.5. The molecule has 1 aromatic rings. The van der Waals surface area contributed by atoms with E-state index in [1.165, 1.54) is 7.11 Å². The fourth-order valence-electron chi connectivity index (χ4n) is 2.18. The fourth-order valence-corrected chi connectivity index (χ4v) is 2.18. The highest BCUT2D eigenvalue weighted by Crippen LogP contribution is 2.35. The molecule has 96 valence electrons. The Kier molecular flexibility index (Phi) is 3.23. The van der Waals surface area contributed by atoms with E-state index in [0.29, 0.717) is 11.5 Å². The van der Waals surface area contributed by atoms with Crippen LogP contribution in [0.4, 0.5) is 0 Å². The molecular weight excluding hydrogens is 234 g/mol. The van der Waals surface area contributed by atoms with Crippen LogP contribution >= 0.6 is 0 Å². The highest BCUT2D eigenvalue weighted by molar-refractivity contribution is 6.07. The van der Waals surface area contributed by atoms with E-state index in [4.69, 9.17) is 9.47 Å². The van der Waals surface area contributed by atoms with Gasteiger partial charge in [-0.2, -0.15) is 0 Å². The topological polar surface area (TPSA) is 64.6 Å². The largest absolute Gasteiger partial charge is 0.493 e.